The van der Waals surface area contributed by atoms with Gasteiger partial charge in [0, 0.05) is 23.4 Å². The molecule has 1 aliphatic heterocycles. The third-order valence-corrected chi connectivity index (χ3v) is 5.72. The van der Waals surface area contributed by atoms with Gasteiger partial charge in [0.05, 0.1) is 6.04 Å². The smallest absolute Gasteiger partial charge is 0.232 e. The highest BCUT2D eigenvalue weighted by atomic mass is 32.1. The molecule has 8 heteroatoms. The van der Waals surface area contributed by atoms with Gasteiger partial charge in [-0.3, -0.25) is 4.90 Å². The molecule has 3 heterocycles. The Kier molecular flexibility index (Phi) is 7.07. The van der Waals surface area contributed by atoms with Crippen molar-refractivity contribution in [1.29, 1.82) is 0 Å². The minimum atomic E-state index is -0.151. The Hall–Kier alpha value is -1.93. The summed E-state index contributed by atoms with van der Waals surface area (Å²) in [6, 6.07) is 4.74. The highest BCUT2D eigenvalue weighted by molar-refractivity contribution is 7.10. The van der Waals surface area contributed by atoms with Crippen LogP contribution in [0.1, 0.15) is 63.2 Å². The number of likely N-dealkylation sites (tertiary alicyclic amines) is 1. The number of aliphatic imine (C=N–C) groups is 1. The fraction of sp³-hybridized carbons (Fsp3) is 0.650. The predicted molar refractivity (Wildman–Crippen MR) is 114 cm³/mol. The van der Waals surface area contributed by atoms with Crippen LogP contribution < -0.4 is 10.6 Å². The summed E-state index contributed by atoms with van der Waals surface area (Å²) in [6.07, 6.45) is 2.56. The van der Waals surface area contributed by atoms with Crippen LogP contribution in [0.3, 0.4) is 0 Å². The molecule has 1 fully saturated rings. The van der Waals surface area contributed by atoms with Crippen LogP contribution in [0, 0.1) is 0 Å². The molecule has 7 nitrogen and oxygen atoms in total. The SMILES string of the molecule is CCNC(=NCc1noc(C(C)(C)C)n1)NCC(c1cccs1)N1CCCC1. The van der Waals surface area contributed by atoms with E-state index in [1.165, 1.54) is 17.7 Å². The van der Waals surface area contributed by atoms with Crippen LogP contribution in [0.5, 0.6) is 0 Å². The normalized spacial score (nSPS) is 17.1. The number of rotatable bonds is 7. The van der Waals surface area contributed by atoms with E-state index in [0.717, 1.165) is 32.1 Å². The van der Waals surface area contributed by atoms with Crippen molar-refractivity contribution in [3.63, 3.8) is 0 Å². The molecule has 0 aliphatic carbocycles. The molecular weight excluding hydrogens is 372 g/mol. The van der Waals surface area contributed by atoms with Crippen molar-refractivity contribution in [3.05, 3.63) is 34.1 Å². The second-order valence-corrected chi connectivity index (χ2v) is 9.10. The van der Waals surface area contributed by atoms with Gasteiger partial charge in [0.1, 0.15) is 6.54 Å². The number of nitrogens with zero attached hydrogens (tertiary/aromatic N) is 4. The number of hydrogen-bond acceptors (Lipinski definition) is 6. The molecule has 1 atom stereocenters. The topological polar surface area (TPSA) is 78.6 Å². The number of nitrogens with one attached hydrogen (secondary N) is 2. The molecule has 1 unspecified atom stereocenters. The zero-order chi connectivity index (χ0) is 20.0. The van der Waals surface area contributed by atoms with E-state index >= 15 is 0 Å². The molecular formula is C20H32N6OS. The lowest BCUT2D eigenvalue weighted by Gasteiger charge is -2.27. The lowest BCUT2D eigenvalue weighted by atomic mass is 9.97. The fourth-order valence-corrected chi connectivity index (χ4v) is 4.11. The molecule has 1 aliphatic rings. The first-order chi connectivity index (χ1) is 13.5. The van der Waals surface area contributed by atoms with E-state index < -0.39 is 0 Å². The van der Waals surface area contributed by atoms with Gasteiger partial charge in [-0.25, -0.2) is 4.99 Å². The summed E-state index contributed by atoms with van der Waals surface area (Å²) < 4.78 is 5.36. The zero-order valence-electron chi connectivity index (χ0n) is 17.4. The molecule has 2 aromatic rings. The van der Waals surface area contributed by atoms with Crippen LogP contribution in [0.25, 0.3) is 0 Å². The quantitative estimate of drug-likeness (QED) is 0.544. The maximum absolute atomic E-state index is 5.36. The van der Waals surface area contributed by atoms with Crippen molar-refractivity contribution in [1.82, 2.24) is 25.7 Å². The number of thiophene rings is 1. The maximum Gasteiger partial charge on any atom is 0.232 e. The molecule has 0 aromatic carbocycles. The summed E-state index contributed by atoms with van der Waals surface area (Å²) >= 11 is 1.82. The van der Waals surface area contributed by atoms with E-state index in [-0.39, 0.29) is 5.41 Å². The zero-order valence-corrected chi connectivity index (χ0v) is 18.2. The molecule has 0 saturated carbocycles. The second kappa shape index (κ2) is 9.52. The van der Waals surface area contributed by atoms with E-state index in [0.29, 0.717) is 24.3 Å². The molecule has 0 spiro atoms. The summed E-state index contributed by atoms with van der Waals surface area (Å²) in [5.74, 6) is 2.03. The molecule has 1 saturated heterocycles. The third-order valence-electron chi connectivity index (χ3n) is 4.75. The first-order valence-corrected chi connectivity index (χ1v) is 11.0. The molecule has 2 aromatic heterocycles. The Morgan fingerprint density at radius 3 is 2.71 bits per heavy atom. The van der Waals surface area contributed by atoms with Gasteiger partial charge in [0.2, 0.25) is 5.89 Å². The molecule has 3 rings (SSSR count). The van der Waals surface area contributed by atoms with Crippen LogP contribution in [-0.2, 0) is 12.0 Å². The standard InChI is InChI=1S/C20H32N6OS/c1-5-21-19(23-14-17-24-18(27-25-17)20(2,3)4)22-13-15(16-9-8-12-28-16)26-10-6-7-11-26/h8-9,12,15H,5-7,10-11,13-14H2,1-4H3,(H2,21,22,23). The van der Waals surface area contributed by atoms with Gasteiger partial charge in [0.25, 0.3) is 0 Å². The molecule has 28 heavy (non-hydrogen) atoms. The minimum Gasteiger partial charge on any atom is -0.357 e. The van der Waals surface area contributed by atoms with Crippen LogP contribution in [0.4, 0.5) is 0 Å². The summed E-state index contributed by atoms with van der Waals surface area (Å²) in [7, 11) is 0. The van der Waals surface area contributed by atoms with E-state index in [2.05, 4.69) is 75.9 Å². The monoisotopic (exact) mass is 404 g/mol. The van der Waals surface area contributed by atoms with E-state index in [1.54, 1.807) is 0 Å². The average Bonchev–Trinajstić information content (AvgIpc) is 3.41. The molecule has 2 N–H and O–H groups in total. The summed E-state index contributed by atoms with van der Waals surface area (Å²) in [5, 5.41) is 13.0. The number of hydrogen-bond donors (Lipinski definition) is 2. The van der Waals surface area contributed by atoms with Gasteiger partial charge < -0.3 is 15.2 Å². The van der Waals surface area contributed by atoms with Gasteiger partial charge in [-0.1, -0.05) is 32.0 Å². The summed E-state index contributed by atoms with van der Waals surface area (Å²) in [4.78, 5) is 13.1. The minimum absolute atomic E-state index is 0.151. The van der Waals surface area contributed by atoms with Crippen LogP contribution in [0.2, 0.25) is 0 Å². The highest BCUT2D eigenvalue weighted by Gasteiger charge is 2.24. The molecule has 154 valence electrons. The van der Waals surface area contributed by atoms with Crippen molar-refractivity contribution in [3.8, 4) is 0 Å². The maximum atomic E-state index is 5.36. The summed E-state index contributed by atoms with van der Waals surface area (Å²) in [6.45, 7) is 12.6. The Bertz CT molecular complexity index is 743. The van der Waals surface area contributed by atoms with Crippen LogP contribution in [-0.4, -0.2) is 47.2 Å². The van der Waals surface area contributed by atoms with E-state index in [9.17, 15) is 0 Å². The Morgan fingerprint density at radius 1 is 1.32 bits per heavy atom. The number of aromatic nitrogens is 2. The van der Waals surface area contributed by atoms with Crippen molar-refractivity contribution in [2.75, 3.05) is 26.2 Å². The molecule has 0 radical (unpaired) electrons. The van der Waals surface area contributed by atoms with Crippen molar-refractivity contribution >= 4 is 17.3 Å². The Morgan fingerprint density at radius 2 is 2.11 bits per heavy atom. The van der Waals surface area contributed by atoms with Gasteiger partial charge in [-0.05, 0) is 44.3 Å². The third kappa shape index (κ3) is 5.54. The lowest BCUT2D eigenvalue weighted by molar-refractivity contribution is 0.249. The Balaban J connectivity index is 1.64. The van der Waals surface area contributed by atoms with Crippen molar-refractivity contribution in [2.24, 2.45) is 4.99 Å². The summed E-state index contributed by atoms with van der Waals surface area (Å²) in [5.41, 5.74) is -0.151. The fourth-order valence-electron chi connectivity index (χ4n) is 3.25. The average molecular weight is 405 g/mol. The highest BCUT2D eigenvalue weighted by Crippen LogP contribution is 2.27. The van der Waals surface area contributed by atoms with Crippen LogP contribution >= 0.6 is 11.3 Å². The van der Waals surface area contributed by atoms with Crippen molar-refractivity contribution in [2.45, 2.75) is 58.5 Å². The van der Waals surface area contributed by atoms with E-state index in [4.69, 9.17) is 4.52 Å². The van der Waals surface area contributed by atoms with Crippen LogP contribution in [0.15, 0.2) is 27.0 Å². The second-order valence-electron chi connectivity index (χ2n) is 8.12. The predicted octanol–water partition coefficient (Wildman–Crippen LogP) is 3.32. The molecule has 0 amide bonds. The van der Waals surface area contributed by atoms with Crippen molar-refractivity contribution < 1.29 is 4.52 Å². The Labute approximate surface area is 171 Å². The first-order valence-electron chi connectivity index (χ1n) is 10.1. The van der Waals surface area contributed by atoms with Gasteiger partial charge in [-0.15, -0.1) is 11.3 Å². The largest absolute Gasteiger partial charge is 0.357 e. The lowest BCUT2D eigenvalue weighted by Crippen LogP contribution is -2.42. The first kappa shape index (κ1) is 20.8. The number of guanidine groups is 1. The van der Waals surface area contributed by atoms with E-state index in [1.807, 2.05) is 11.3 Å². The van der Waals surface area contributed by atoms with Gasteiger partial charge in [-0.2, -0.15) is 4.98 Å². The molecule has 0 bridgehead atoms. The van der Waals surface area contributed by atoms with Gasteiger partial charge in [0.15, 0.2) is 11.8 Å². The van der Waals surface area contributed by atoms with Gasteiger partial charge >= 0.3 is 0 Å².